The maximum absolute atomic E-state index is 13.3. The first kappa shape index (κ1) is 26.2. The Morgan fingerprint density at radius 3 is 2.49 bits per heavy atom. The zero-order chi connectivity index (χ0) is 27.1. The molecule has 6 N–H and O–H groups in total. The third kappa shape index (κ3) is 4.90. The van der Waals surface area contributed by atoms with Crippen LogP contribution in [0.15, 0.2) is 46.7 Å². The second-order valence-corrected chi connectivity index (χ2v) is 11.7. The lowest BCUT2D eigenvalue weighted by Gasteiger charge is -2.19. The zero-order valence-corrected chi connectivity index (χ0v) is 21.6. The molecule has 4 aromatic rings. The van der Waals surface area contributed by atoms with Crippen LogP contribution in [-0.2, 0) is 21.1 Å². The Balaban J connectivity index is 2.14. The number of sulfone groups is 1. The number of aromatic carboxylic acids is 1. The first-order valence-electron chi connectivity index (χ1n) is 10.7. The fourth-order valence-corrected chi connectivity index (χ4v) is 5.94. The van der Waals surface area contributed by atoms with Crippen molar-refractivity contribution in [1.29, 1.82) is 0 Å². The van der Waals surface area contributed by atoms with Crippen LogP contribution in [0.3, 0.4) is 0 Å². The number of nitrogens with one attached hydrogen (secondary N) is 2. The van der Waals surface area contributed by atoms with Gasteiger partial charge in [0.05, 0.1) is 28.3 Å². The van der Waals surface area contributed by atoms with Crippen LogP contribution < -0.4 is 11.1 Å². The molecule has 192 valence electrons. The highest BCUT2D eigenvalue weighted by Crippen LogP contribution is 2.47. The van der Waals surface area contributed by atoms with Crippen LogP contribution in [0.2, 0.25) is 5.02 Å². The molecule has 0 radical (unpaired) electrons. The van der Waals surface area contributed by atoms with E-state index < -0.39 is 61.0 Å². The van der Waals surface area contributed by atoms with Gasteiger partial charge in [0.15, 0.2) is 15.6 Å². The Bertz CT molecular complexity index is 1680. The number of hydrogen-bond acceptors (Lipinski definition) is 7. The number of benzene rings is 2. The predicted octanol–water partition coefficient (Wildman–Crippen LogP) is 4.03. The summed E-state index contributed by atoms with van der Waals surface area (Å²) in [4.78, 5) is 40.3. The number of anilines is 1. The van der Waals surface area contributed by atoms with Crippen molar-refractivity contribution in [3.63, 3.8) is 0 Å². The number of aromatic amines is 1. The van der Waals surface area contributed by atoms with Crippen molar-refractivity contribution < 1.29 is 33.0 Å². The Morgan fingerprint density at radius 2 is 1.89 bits per heavy atom. The molecule has 10 nitrogen and oxygen atoms in total. The number of thiophene rings is 1. The summed E-state index contributed by atoms with van der Waals surface area (Å²) in [5.41, 5.74) is 3.83. The first-order chi connectivity index (χ1) is 17.4. The highest BCUT2D eigenvalue weighted by atomic mass is 35.5. The van der Waals surface area contributed by atoms with Crippen molar-refractivity contribution in [2.75, 3.05) is 11.1 Å². The van der Waals surface area contributed by atoms with Gasteiger partial charge in [-0.25, -0.2) is 13.2 Å². The molecule has 0 fully saturated rings. The van der Waals surface area contributed by atoms with Crippen molar-refractivity contribution in [1.82, 2.24) is 4.98 Å². The molecule has 0 aliphatic heterocycles. The van der Waals surface area contributed by atoms with Gasteiger partial charge in [0.25, 0.3) is 5.91 Å². The van der Waals surface area contributed by atoms with E-state index >= 15 is 0 Å². The monoisotopic (exact) mass is 561 g/mol. The fourth-order valence-electron chi connectivity index (χ4n) is 3.95. The van der Waals surface area contributed by atoms with Crippen LogP contribution in [0.25, 0.3) is 22.0 Å². The molecule has 0 aliphatic carbocycles. The van der Waals surface area contributed by atoms with Gasteiger partial charge in [-0.15, -0.1) is 11.3 Å². The smallest absolute Gasteiger partial charge is 0.352 e. The maximum atomic E-state index is 13.3. The molecule has 0 aliphatic rings. The number of primary amides is 1. The molecule has 4 rings (SSSR count). The van der Waals surface area contributed by atoms with Gasteiger partial charge in [0.1, 0.15) is 5.69 Å². The summed E-state index contributed by atoms with van der Waals surface area (Å²) in [6.07, 6.45) is -0.126. The summed E-state index contributed by atoms with van der Waals surface area (Å²) in [6.45, 7) is 1.36. The Morgan fingerprint density at radius 1 is 1.16 bits per heavy atom. The second kappa shape index (κ2) is 9.88. The number of amides is 2. The highest BCUT2D eigenvalue weighted by Gasteiger charge is 2.32. The van der Waals surface area contributed by atoms with Gasteiger partial charge in [0.2, 0.25) is 5.91 Å². The van der Waals surface area contributed by atoms with Gasteiger partial charge in [-0.2, -0.15) is 0 Å². The standard InChI is InChI=1S/C24H20ClN3O7S2/c1-2-37(34,35)16-10-14(23(26)31)22(30)20(28-17(29)9-12-4-3-7-36-12)19(16)18-13-8-11(25)5-6-15(13)27-21(18)24(32)33/h3-8,10,27,30H,2,9H2,1H3,(H2,26,31)(H,28,29)(H,32,33). The highest BCUT2D eigenvalue weighted by molar-refractivity contribution is 7.91. The number of halogens is 1. The Hall–Kier alpha value is -3.87. The molecule has 0 spiro atoms. The second-order valence-electron chi connectivity index (χ2n) is 7.96. The van der Waals surface area contributed by atoms with Crippen LogP contribution >= 0.6 is 22.9 Å². The summed E-state index contributed by atoms with van der Waals surface area (Å²) in [7, 11) is -4.17. The van der Waals surface area contributed by atoms with Crippen LogP contribution in [-0.4, -0.2) is 47.2 Å². The Labute approximate surface area is 219 Å². The molecule has 2 amide bonds. The number of nitrogens with two attached hydrogens (primary N) is 1. The van der Waals surface area contributed by atoms with Crippen LogP contribution in [0.4, 0.5) is 5.69 Å². The minimum Gasteiger partial charge on any atom is -0.505 e. The van der Waals surface area contributed by atoms with Gasteiger partial charge in [0, 0.05) is 31.9 Å². The minimum atomic E-state index is -4.17. The van der Waals surface area contributed by atoms with Crippen LogP contribution in [0, 0.1) is 0 Å². The van der Waals surface area contributed by atoms with Gasteiger partial charge in [-0.3, -0.25) is 9.59 Å². The summed E-state index contributed by atoms with van der Waals surface area (Å²) < 4.78 is 26.5. The van der Waals surface area contributed by atoms with E-state index in [0.29, 0.717) is 10.4 Å². The molecule has 0 bridgehead atoms. The molecule has 0 saturated heterocycles. The molecule has 0 unspecified atom stereocenters. The van der Waals surface area contributed by atoms with E-state index in [4.69, 9.17) is 17.3 Å². The van der Waals surface area contributed by atoms with E-state index in [-0.39, 0.29) is 28.0 Å². The summed E-state index contributed by atoms with van der Waals surface area (Å²) in [5.74, 6) is -4.46. The minimum absolute atomic E-state index is 0.126. The third-order valence-electron chi connectivity index (χ3n) is 5.65. The molecule has 13 heteroatoms. The topological polar surface area (TPSA) is 180 Å². The van der Waals surface area contributed by atoms with E-state index in [1.807, 2.05) is 0 Å². The summed E-state index contributed by atoms with van der Waals surface area (Å²) in [5, 5.41) is 25.7. The molecular formula is C24H20ClN3O7S2. The number of carbonyl (C=O) groups excluding carboxylic acids is 2. The molecule has 2 aromatic heterocycles. The number of aromatic hydroxyl groups is 1. The number of phenols is 1. The van der Waals surface area contributed by atoms with Crippen molar-refractivity contribution >= 4 is 67.1 Å². The molecule has 2 heterocycles. The third-order valence-corrected chi connectivity index (χ3v) is 8.51. The largest absolute Gasteiger partial charge is 0.505 e. The van der Waals surface area contributed by atoms with Gasteiger partial charge in [-0.05, 0) is 35.7 Å². The first-order valence-corrected chi connectivity index (χ1v) is 13.6. The lowest BCUT2D eigenvalue weighted by Crippen LogP contribution is -2.19. The predicted molar refractivity (Wildman–Crippen MR) is 140 cm³/mol. The van der Waals surface area contributed by atoms with Crippen molar-refractivity contribution in [2.24, 2.45) is 5.73 Å². The normalized spacial score (nSPS) is 11.5. The summed E-state index contributed by atoms with van der Waals surface area (Å²) >= 11 is 7.47. The number of carboxylic acids is 1. The summed E-state index contributed by atoms with van der Waals surface area (Å²) in [6, 6.07) is 8.78. The SMILES string of the molecule is CCS(=O)(=O)c1cc(C(N)=O)c(O)c(NC(=O)Cc2cccs2)c1-c1c(C(=O)O)[nH]c2ccc(Cl)cc12. The molecular weight excluding hydrogens is 542 g/mol. The van der Waals surface area contributed by atoms with Crippen LogP contribution in [0.5, 0.6) is 5.75 Å². The Kier molecular flexibility index (Phi) is 7.00. The lowest BCUT2D eigenvalue weighted by atomic mass is 9.96. The lowest BCUT2D eigenvalue weighted by molar-refractivity contribution is -0.115. The van der Waals surface area contributed by atoms with E-state index in [9.17, 15) is 33.0 Å². The van der Waals surface area contributed by atoms with E-state index in [0.717, 1.165) is 6.07 Å². The molecule has 2 aromatic carbocycles. The fraction of sp³-hybridized carbons (Fsp3) is 0.125. The molecule has 0 atom stereocenters. The van der Waals surface area contributed by atoms with Gasteiger partial charge < -0.3 is 26.2 Å². The molecule has 0 saturated carbocycles. The quantitative estimate of drug-likeness (QED) is 0.201. The number of carbonyl (C=O) groups is 3. The zero-order valence-electron chi connectivity index (χ0n) is 19.2. The van der Waals surface area contributed by atoms with E-state index in [1.54, 1.807) is 17.5 Å². The van der Waals surface area contributed by atoms with Gasteiger partial charge in [-0.1, -0.05) is 24.6 Å². The number of rotatable bonds is 8. The molecule has 37 heavy (non-hydrogen) atoms. The number of H-pyrrole nitrogens is 1. The number of aromatic nitrogens is 1. The maximum Gasteiger partial charge on any atom is 0.352 e. The van der Waals surface area contributed by atoms with Crippen molar-refractivity contribution in [2.45, 2.75) is 18.2 Å². The van der Waals surface area contributed by atoms with Crippen molar-refractivity contribution in [3.05, 3.63) is 62.9 Å². The number of carboxylic acid groups (broad SMARTS) is 1. The van der Waals surface area contributed by atoms with Gasteiger partial charge >= 0.3 is 5.97 Å². The average molecular weight is 562 g/mol. The average Bonchev–Trinajstić information content (AvgIpc) is 3.47. The number of hydrogen-bond donors (Lipinski definition) is 5. The number of fused-ring (bicyclic) bond motifs is 1. The van der Waals surface area contributed by atoms with E-state index in [2.05, 4.69) is 10.3 Å². The van der Waals surface area contributed by atoms with Crippen molar-refractivity contribution in [3.8, 4) is 16.9 Å². The van der Waals surface area contributed by atoms with E-state index in [1.165, 1.54) is 36.5 Å². The van der Waals surface area contributed by atoms with Crippen LogP contribution in [0.1, 0.15) is 32.6 Å².